The van der Waals surface area contributed by atoms with E-state index in [4.69, 9.17) is 0 Å². The summed E-state index contributed by atoms with van der Waals surface area (Å²) in [4.78, 5) is 16.2. The van der Waals surface area contributed by atoms with Crippen molar-refractivity contribution in [3.05, 3.63) is 56.7 Å². The summed E-state index contributed by atoms with van der Waals surface area (Å²) in [5, 5.41) is 5.21. The van der Waals surface area contributed by atoms with Gasteiger partial charge in [-0.2, -0.15) is 0 Å². The summed E-state index contributed by atoms with van der Waals surface area (Å²) >= 11 is 5.21. The van der Waals surface area contributed by atoms with Crippen LogP contribution in [0.3, 0.4) is 0 Å². The number of amides is 1. The number of nitrogens with zero attached hydrogens (tertiary/aromatic N) is 1. The third-order valence-electron chi connectivity index (χ3n) is 4.03. The monoisotopic (exact) mass is 378 g/mol. The number of carbonyl (C=O) groups is 1. The highest BCUT2D eigenvalue weighted by Crippen LogP contribution is 2.28. The molecule has 0 bridgehead atoms. The van der Waals surface area contributed by atoms with Gasteiger partial charge in [-0.05, 0) is 65.4 Å². The average Bonchev–Trinajstić information content (AvgIpc) is 3.21. The lowest BCUT2D eigenvalue weighted by Crippen LogP contribution is -2.36. The highest BCUT2D eigenvalue weighted by atomic mass is 79.9. The van der Waals surface area contributed by atoms with Crippen molar-refractivity contribution in [3.8, 4) is 0 Å². The SMILES string of the molecule is O=C(NC[C@H](c1cccs1)N1CCCC1)c1ccccc1Br. The molecule has 2 heterocycles. The standard InChI is InChI=1S/C17H19BrN2OS/c18-14-7-2-1-6-13(14)17(21)19-12-15(16-8-5-11-22-16)20-9-3-4-10-20/h1-2,5-8,11,15H,3-4,9-10,12H2,(H,19,21)/t15-/m1/s1. The molecule has 3 nitrogen and oxygen atoms in total. The van der Waals surface area contributed by atoms with Gasteiger partial charge in [0, 0.05) is 15.9 Å². The molecule has 0 aliphatic carbocycles. The van der Waals surface area contributed by atoms with E-state index in [0.29, 0.717) is 12.1 Å². The molecule has 1 aliphatic heterocycles. The zero-order valence-corrected chi connectivity index (χ0v) is 14.7. The molecule has 3 rings (SSSR count). The first-order valence-electron chi connectivity index (χ1n) is 7.56. The number of benzene rings is 1. The van der Waals surface area contributed by atoms with Gasteiger partial charge in [0.05, 0.1) is 11.6 Å². The Bertz CT molecular complexity index is 623. The lowest BCUT2D eigenvalue weighted by atomic mass is 10.2. The van der Waals surface area contributed by atoms with Crippen molar-refractivity contribution < 1.29 is 4.79 Å². The fourth-order valence-corrected chi connectivity index (χ4v) is 4.20. The van der Waals surface area contributed by atoms with Gasteiger partial charge in [-0.15, -0.1) is 11.3 Å². The van der Waals surface area contributed by atoms with Crippen LogP contribution in [-0.4, -0.2) is 30.4 Å². The van der Waals surface area contributed by atoms with Crippen molar-refractivity contribution in [2.24, 2.45) is 0 Å². The van der Waals surface area contributed by atoms with Crippen LogP contribution in [0.15, 0.2) is 46.3 Å². The second kappa shape index (κ2) is 7.40. The van der Waals surface area contributed by atoms with Gasteiger partial charge < -0.3 is 5.32 Å². The van der Waals surface area contributed by atoms with E-state index >= 15 is 0 Å². The van der Waals surface area contributed by atoms with Crippen LogP contribution >= 0.6 is 27.3 Å². The third kappa shape index (κ3) is 3.59. The molecule has 22 heavy (non-hydrogen) atoms. The number of hydrogen-bond acceptors (Lipinski definition) is 3. The van der Waals surface area contributed by atoms with Gasteiger partial charge in [0.2, 0.25) is 0 Å². The first-order valence-corrected chi connectivity index (χ1v) is 9.23. The zero-order chi connectivity index (χ0) is 15.4. The summed E-state index contributed by atoms with van der Waals surface area (Å²) < 4.78 is 0.835. The van der Waals surface area contributed by atoms with Crippen LogP contribution in [0.25, 0.3) is 0 Å². The number of halogens is 1. The highest BCUT2D eigenvalue weighted by molar-refractivity contribution is 9.10. The minimum atomic E-state index is -0.0202. The molecule has 1 atom stereocenters. The van der Waals surface area contributed by atoms with Crippen LogP contribution in [0.4, 0.5) is 0 Å². The smallest absolute Gasteiger partial charge is 0.252 e. The Morgan fingerprint density at radius 1 is 1.23 bits per heavy atom. The molecule has 116 valence electrons. The van der Waals surface area contributed by atoms with Crippen LogP contribution in [0.1, 0.15) is 34.1 Å². The van der Waals surface area contributed by atoms with Crippen LogP contribution in [0.5, 0.6) is 0 Å². The number of likely N-dealkylation sites (tertiary alicyclic amines) is 1. The van der Waals surface area contributed by atoms with Crippen molar-refractivity contribution in [2.45, 2.75) is 18.9 Å². The van der Waals surface area contributed by atoms with Gasteiger partial charge in [0.25, 0.3) is 5.91 Å². The lowest BCUT2D eigenvalue weighted by molar-refractivity contribution is 0.0937. The van der Waals surface area contributed by atoms with Crippen LogP contribution in [0, 0.1) is 0 Å². The van der Waals surface area contributed by atoms with Crippen LogP contribution in [0.2, 0.25) is 0 Å². The summed E-state index contributed by atoms with van der Waals surface area (Å²) in [6.07, 6.45) is 2.50. The molecule has 2 aromatic rings. The lowest BCUT2D eigenvalue weighted by Gasteiger charge is -2.27. The number of thiophene rings is 1. The number of carbonyl (C=O) groups excluding carboxylic acids is 1. The quantitative estimate of drug-likeness (QED) is 0.849. The maximum absolute atomic E-state index is 12.4. The zero-order valence-electron chi connectivity index (χ0n) is 12.3. The van der Waals surface area contributed by atoms with Gasteiger partial charge in [-0.25, -0.2) is 0 Å². The summed E-state index contributed by atoms with van der Waals surface area (Å²) in [5.41, 5.74) is 0.689. The van der Waals surface area contributed by atoms with Crippen molar-refractivity contribution >= 4 is 33.2 Å². The van der Waals surface area contributed by atoms with Gasteiger partial charge in [0.1, 0.15) is 0 Å². The summed E-state index contributed by atoms with van der Waals surface area (Å²) in [6.45, 7) is 2.89. The first-order chi connectivity index (χ1) is 10.8. The third-order valence-corrected chi connectivity index (χ3v) is 5.69. The molecule has 5 heteroatoms. The van der Waals surface area contributed by atoms with E-state index < -0.39 is 0 Å². The Kier molecular flexibility index (Phi) is 5.28. The second-order valence-electron chi connectivity index (χ2n) is 5.46. The Morgan fingerprint density at radius 3 is 2.68 bits per heavy atom. The topological polar surface area (TPSA) is 32.3 Å². The van der Waals surface area contributed by atoms with Crippen molar-refractivity contribution in [2.75, 3.05) is 19.6 Å². The van der Waals surface area contributed by atoms with E-state index in [2.05, 4.69) is 43.7 Å². The Balaban J connectivity index is 1.69. The van der Waals surface area contributed by atoms with Crippen molar-refractivity contribution in [1.82, 2.24) is 10.2 Å². The highest BCUT2D eigenvalue weighted by Gasteiger charge is 2.25. The molecule has 1 amide bonds. The van der Waals surface area contributed by atoms with Crippen molar-refractivity contribution in [1.29, 1.82) is 0 Å². The molecular weight excluding hydrogens is 360 g/mol. The summed E-state index contributed by atoms with van der Waals surface area (Å²) in [7, 11) is 0. The van der Waals surface area contributed by atoms with Crippen molar-refractivity contribution in [3.63, 3.8) is 0 Å². The summed E-state index contributed by atoms with van der Waals surface area (Å²) in [6, 6.07) is 12.1. The predicted molar refractivity (Wildman–Crippen MR) is 94.3 cm³/mol. The van der Waals surface area contributed by atoms with Gasteiger partial charge in [-0.1, -0.05) is 18.2 Å². The fraction of sp³-hybridized carbons (Fsp3) is 0.353. The van der Waals surface area contributed by atoms with E-state index in [1.54, 1.807) is 11.3 Å². The largest absolute Gasteiger partial charge is 0.350 e. The fourth-order valence-electron chi connectivity index (χ4n) is 2.87. The molecule has 1 saturated heterocycles. The molecule has 0 unspecified atom stereocenters. The number of nitrogens with one attached hydrogen (secondary N) is 1. The van der Waals surface area contributed by atoms with E-state index in [-0.39, 0.29) is 11.9 Å². The number of rotatable bonds is 5. The van der Waals surface area contributed by atoms with Gasteiger partial charge in [0.15, 0.2) is 0 Å². The maximum atomic E-state index is 12.4. The van der Waals surface area contributed by atoms with E-state index in [1.165, 1.54) is 17.7 Å². The Morgan fingerprint density at radius 2 is 2.00 bits per heavy atom. The van der Waals surface area contributed by atoms with E-state index in [0.717, 1.165) is 17.6 Å². The minimum Gasteiger partial charge on any atom is -0.350 e. The molecule has 1 aromatic heterocycles. The maximum Gasteiger partial charge on any atom is 0.252 e. The Hall–Kier alpha value is -1.17. The van der Waals surface area contributed by atoms with Gasteiger partial charge >= 0.3 is 0 Å². The summed E-state index contributed by atoms with van der Waals surface area (Å²) in [5.74, 6) is -0.0202. The first kappa shape index (κ1) is 15.7. The predicted octanol–water partition coefficient (Wildman–Crippen LogP) is 4.08. The average molecular weight is 379 g/mol. The minimum absolute atomic E-state index is 0.0202. The molecule has 1 N–H and O–H groups in total. The molecule has 1 aromatic carbocycles. The molecule has 0 saturated carbocycles. The number of hydrogen-bond donors (Lipinski definition) is 1. The Labute approximate surface area is 143 Å². The molecule has 1 aliphatic rings. The molecule has 1 fully saturated rings. The van der Waals surface area contributed by atoms with E-state index in [9.17, 15) is 4.79 Å². The second-order valence-corrected chi connectivity index (χ2v) is 7.30. The normalized spacial score (nSPS) is 16.6. The van der Waals surface area contributed by atoms with Crippen LogP contribution < -0.4 is 5.32 Å². The molecule has 0 spiro atoms. The molecule has 0 radical (unpaired) electrons. The van der Waals surface area contributed by atoms with Gasteiger partial charge in [-0.3, -0.25) is 9.69 Å². The van der Waals surface area contributed by atoms with E-state index in [1.807, 2.05) is 24.3 Å². The van der Waals surface area contributed by atoms with Crippen LogP contribution in [-0.2, 0) is 0 Å². The molecular formula is C17H19BrN2OS.